The van der Waals surface area contributed by atoms with E-state index < -0.39 is 17.7 Å². The van der Waals surface area contributed by atoms with Crippen LogP contribution in [-0.4, -0.2) is 27.9 Å². The molecule has 3 N–H and O–H groups in total. The summed E-state index contributed by atoms with van der Waals surface area (Å²) in [5, 5.41) is 22.4. The first kappa shape index (κ1) is 16.3. The molecule has 8 nitrogen and oxygen atoms in total. The first-order valence-corrected chi connectivity index (χ1v) is 7.39. The quantitative estimate of drug-likeness (QED) is 0.669. The minimum Gasteiger partial charge on any atom is -0.507 e. The van der Waals surface area contributed by atoms with Crippen LogP contribution in [0.25, 0.3) is 22.3 Å². The Balaban J connectivity index is 2.19. The summed E-state index contributed by atoms with van der Waals surface area (Å²) in [6.45, 7) is 1.74. The van der Waals surface area contributed by atoms with Gasteiger partial charge in [-0.05, 0) is 19.1 Å². The van der Waals surface area contributed by atoms with Crippen LogP contribution in [0.2, 0.25) is 0 Å². The van der Waals surface area contributed by atoms with Crippen molar-refractivity contribution >= 4 is 22.9 Å². The fraction of sp³-hybridized carbons (Fsp3) is 0.118. The minimum absolute atomic E-state index is 0.0134. The molecule has 0 bridgehead atoms. The number of rotatable bonds is 3. The van der Waals surface area contributed by atoms with Crippen LogP contribution in [0.15, 0.2) is 45.6 Å². The van der Waals surface area contributed by atoms with E-state index in [1.165, 1.54) is 6.07 Å². The number of aromatic nitrogens is 1. The predicted octanol–water partition coefficient (Wildman–Crippen LogP) is 2.83. The fourth-order valence-electron chi connectivity index (χ4n) is 2.34. The minimum atomic E-state index is -0.829. The van der Waals surface area contributed by atoms with Crippen molar-refractivity contribution < 1.29 is 24.2 Å². The molecule has 3 aromatic rings. The maximum Gasteiger partial charge on any atom is 0.412 e. The highest BCUT2D eigenvalue weighted by molar-refractivity contribution is 5.91. The summed E-state index contributed by atoms with van der Waals surface area (Å²) < 4.78 is 10.4. The summed E-state index contributed by atoms with van der Waals surface area (Å²) in [6, 6.07) is 8.75. The van der Waals surface area contributed by atoms with Gasteiger partial charge in [0.05, 0.1) is 12.0 Å². The van der Waals surface area contributed by atoms with Crippen LogP contribution in [0.1, 0.15) is 6.92 Å². The molecule has 0 fully saturated rings. The van der Waals surface area contributed by atoms with E-state index in [1.54, 1.807) is 31.2 Å². The Kier molecular flexibility index (Phi) is 4.25. The van der Waals surface area contributed by atoms with Crippen LogP contribution >= 0.6 is 0 Å². The monoisotopic (exact) mass is 342 g/mol. The van der Waals surface area contributed by atoms with E-state index in [2.05, 4.69) is 10.3 Å². The first-order valence-electron chi connectivity index (χ1n) is 7.39. The lowest BCUT2D eigenvalue weighted by atomic mass is 10.1. The molecule has 1 aromatic carbocycles. The van der Waals surface area contributed by atoms with Gasteiger partial charge in [-0.1, -0.05) is 12.1 Å². The zero-order chi connectivity index (χ0) is 18.0. The molecule has 0 atom stereocenters. The Labute approximate surface area is 141 Å². The Hall–Kier alpha value is -3.55. The molecule has 2 aromatic heterocycles. The Bertz CT molecular complexity index is 1010. The first-order chi connectivity index (χ1) is 12.0. The maximum absolute atomic E-state index is 12.3. The Morgan fingerprint density at radius 1 is 1.28 bits per heavy atom. The number of ether oxygens (including phenoxy) is 1. The van der Waals surface area contributed by atoms with Gasteiger partial charge in [0.15, 0.2) is 11.2 Å². The normalized spacial score (nSPS) is 10.6. The van der Waals surface area contributed by atoms with Gasteiger partial charge in [0.1, 0.15) is 22.7 Å². The van der Waals surface area contributed by atoms with Crippen LogP contribution < -0.4 is 10.7 Å². The summed E-state index contributed by atoms with van der Waals surface area (Å²) in [5.41, 5.74) is -0.0697. The third-order valence-electron chi connectivity index (χ3n) is 3.36. The number of hydrogen-bond donors (Lipinski definition) is 3. The average molecular weight is 342 g/mol. The molecule has 0 aliphatic rings. The van der Waals surface area contributed by atoms with Crippen molar-refractivity contribution in [3.8, 4) is 23.0 Å². The average Bonchev–Trinajstić information content (AvgIpc) is 2.54. The van der Waals surface area contributed by atoms with Crippen molar-refractivity contribution in [3.63, 3.8) is 0 Å². The molecule has 8 heteroatoms. The number of para-hydroxylation sites is 1. The van der Waals surface area contributed by atoms with Gasteiger partial charge >= 0.3 is 6.09 Å². The summed E-state index contributed by atoms with van der Waals surface area (Å²) in [4.78, 5) is 27.7. The van der Waals surface area contributed by atoms with E-state index in [-0.39, 0.29) is 29.2 Å². The number of nitrogens with one attached hydrogen (secondary N) is 1. The molecule has 0 saturated heterocycles. The molecule has 0 unspecified atom stereocenters. The number of anilines is 1. The summed E-state index contributed by atoms with van der Waals surface area (Å²) in [5.74, 6) is -1.15. The summed E-state index contributed by atoms with van der Waals surface area (Å²) >= 11 is 0. The molecule has 0 aliphatic carbocycles. The number of pyridine rings is 1. The maximum atomic E-state index is 12.3. The van der Waals surface area contributed by atoms with Crippen molar-refractivity contribution in [2.75, 3.05) is 11.9 Å². The van der Waals surface area contributed by atoms with Gasteiger partial charge in [0, 0.05) is 12.1 Å². The molecular weight excluding hydrogens is 328 g/mol. The third-order valence-corrected chi connectivity index (χ3v) is 3.36. The van der Waals surface area contributed by atoms with E-state index in [0.717, 1.165) is 6.07 Å². The largest absolute Gasteiger partial charge is 0.507 e. The molecule has 0 saturated carbocycles. The number of aromatic hydroxyl groups is 2. The van der Waals surface area contributed by atoms with Crippen LogP contribution in [0.4, 0.5) is 10.6 Å². The summed E-state index contributed by atoms with van der Waals surface area (Å²) in [6.07, 6.45) is -0.829. The zero-order valence-corrected chi connectivity index (χ0v) is 13.1. The molecule has 128 valence electrons. The molecule has 0 spiro atoms. The highest BCUT2D eigenvalue weighted by Gasteiger charge is 2.20. The highest BCUT2D eigenvalue weighted by atomic mass is 16.5. The molecule has 0 radical (unpaired) electrons. The van der Waals surface area contributed by atoms with Gasteiger partial charge in [0.25, 0.3) is 0 Å². The van der Waals surface area contributed by atoms with E-state index in [0.29, 0.717) is 11.0 Å². The lowest BCUT2D eigenvalue weighted by Gasteiger charge is -2.12. The molecule has 1 amide bonds. The number of amides is 1. The molecule has 2 heterocycles. The number of benzene rings is 1. The molecular formula is C17H14N2O6. The van der Waals surface area contributed by atoms with Crippen molar-refractivity contribution in [1.82, 2.24) is 4.98 Å². The fourth-order valence-corrected chi connectivity index (χ4v) is 2.34. The summed E-state index contributed by atoms with van der Waals surface area (Å²) in [7, 11) is 0. The molecule has 25 heavy (non-hydrogen) atoms. The second-order valence-electron chi connectivity index (χ2n) is 5.04. The number of carbonyl (C=O) groups is 1. The van der Waals surface area contributed by atoms with Gasteiger partial charge in [-0.2, -0.15) is 4.98 Å². The van der Waals surface area contributed by atoms with Crippen LogP contribution in [0.5, 0.6) is 11.6 Å². The lowest BCUT2D eigenvalue weighted by Crippen LogP contribution is -2.15. The smallest absolute Gasteiger partial charge is 0.412 e. The Morgan fingerprint density at radius 3 is 2.80 bits per heavy atom. The van der Waals surface area contributed by atoms with E-state index in [1.807, 2.05) is 0 Å². The molecule has 3 rings (SSSR count). The van der Waals surface area contributed by atoms with Gasteiger partial charge in [-0.25, -0.2) is 4.79 Å². The van der Waals surface area contributed by atoms with E-state index in [9.17, 15) is 19.8 Å². The van der Waals surface area contributed by atoms with Gasteiger partial charge in [-0.3, -0.25) is 10.1 Å². The SMILES string of the molecule is CCOC(=O)Nc1nc(O)cc(O)c1-c1cc(=O)c2ccccc2o1. The van der Waals surface area contributed by atoms with Gasteiger partial charge in [-0.15, -0.1) is 0 Å². The third kappa shape index (κ3) is 3.23. The highest BCUT2D eigenvalue weighted by Crippen LogP contribution is 2.37. The van der Waals surface area contributed by atoms with Gasteiger partial charge in [0.2, 0.25) is 5.88 Å². The zero-order valence-electron chi connectivity index (χ0n) is 13.1. The van der Waals surface area contributed by atoms with Crippen molar-refractivity contribution in [2.24, 2.45) is 0 Å². The molecule has 0 aliphatic heterocycles. The second-order valence-corrected chi connectivity index (χ2v) is 5.04. The van der Waals surface area contributed by atoms with E-state index in [4.69, 9.17) is 9.15 Å². The second kappa shape index (κ2) is 6.52. The topological polar surface area (TPSA) is 122 Å². The number of nitrogens with zero attached hydrogens (tertiary/aromatic N) is 1. The van der Waals surface area contributed by atoms with Crippen molar-refractivity contribution in [1.29, 1.82) is 0 Å². The number of carbonyl (C=O) groups excluding carboxylic acids is 1. The van der Waals surface area contributed by atoms with Crippen LogP contribution in [-0.2, 0) is 4.74 Å². The standard InChI is InChI=1S/C17H14N2O6/c1-2-24-17(23)19-16-15(11(21)8-14(22)18-16)13-7-10(20)9-5-3-4-6-12(9)25-13/h3-8H,2H2,1H3,(H3,18,19,21,22,23). The van der Waals surface area contributed by atoms with Crippen molar-refractivity contribution in [2.45, 2.75) is 6.92 Å². The van der Waals surface area contributed by atoms with E-state index >= 15 is 0 Å². The van der Waals surface area contributed by atoms with Crippen LogP contribution in [0, 0.1) is 0 Å². The van der Waals surface area contributed by atoms with Gasteiger partial charge < -0.3 is 19.4 Å². The number of fused-ring (bicyclic) bond motifs is 1. The Morgan fingerprint density at radius 2 is 2.04 bits per heavy atom. The number of hydrogen-bond acceptors (Lipinski definition) is 7. The lowest BCUT2D eigenvalue weighted by molar-refractivity contribution is 0.168. The van der Waals surface area contributed by atoms with Crippen LogP contribution in [0.3, 0.4) is 0 Å². The predicted molar refractivity (Wildman–Crippen MR) is 89.7 cm³/mol. The van der Waals surface area contributed by atoms with Crippen molar-refractivity contribution in [3.05, 3.63) is 46.6 Å².